The zero-order valence-corrected chi connectivity index (χ0v) is 10.9. The van der Waals surface area contributed by atoms with Crippen LogP contribution >= 0.6 is 11.6 Å². The average Bonchev–Trinajstić information content (AvgIpc) is 2.81. The van der Waals surface area contributed by atoms with Crippen LogP contribution in [0, 0.1) is 0 Å². The summed E-state index contributed by atoms with van der Waals surface area (Å²) in [7, 11) is 1.58. The van der Waals surface area contributed by atoms with Crippen molar-refractivity contribution in [3.63, 3.8) is 0 Å². The lowest BCUT2D eigenvalue weighted by molar-refractivity contribution is 0.417. The van der Waals surface area contributed by atoms with E-state index in [0.29, 0.717) is 27.9 Å². The Morgan fingerprint density at radius 3 is 2.84 bits per heavy atom. The van der Waals surface area contributed by atoms with Crippen LogP contribution in [-0.4, -0.2) is 21.7 Å². The number of ether oxygens (including phenoxy) is 1. The van der Waals surface area contributed by atoms with Gasteiger partial charge in [0.1, 0.15) is 5.75 Å². The van der Waals surface area contributed by atoms with Crippen molar-refractivity contribution in [3.8, 4) is 17.1 Å². The Bertz CT molecular complexity index is 753. The number of fused-ring (bicyclic) bond motifs is 1. The van der Waals surface area contributed by atoms with Crippen molar-refractivity contribution < 1.29 is 4.74 Å². The molecule has 2 N–H and O–H groups in total. The van der Waals surface area contributed by atoms with Crippen molar-refractivity contribution in [1.29, 1.82) is 0 Å². The quantitative estimate of drug-likeness (QED) is 0.730. The van der Waals surface area contributed by atoms with E-state index < -0.39 is 0 Å². The number of methoxy groups -OCH3 is 1. The third kappa shape index (κ3) is 2.08. The van der Waals surface area contributed by atoms with Gasteiger partial charge in [0.2, 0.25) is 0 Å². The van der Waals surface area contributed by atoms with Crippen LogP contribution in [0.1, 0.15) is 0 Å². The molecule has 3 aromatic rings. The topological polar surface area (TPSA) is 65.4 Å². The maximum Gasteiger partial charge on any atom is 0.182 e. The Labute approximate surface area is 114 Å². The predicted octanol–water partition coefficient (Wildman–Crippen LogP) is 2.64. The standard InChI is InChI=1S/C13H11ClN4O/c1-19-11-3-2-8(6-10(11)15)13-16-12-7-9(14)4-5-18(12)17-13/h2-7H,15H2,1H3. The summed E-state index contributed by atoms with van der Waals surface area (Å²) in [6.45, 7) is 0. The highest BCUT2D eigenvalue weighted by molar-refractivity contribution is 6.30. The van der Waals surface area contributed by atoms with Crippen molar-refractivity contribution in [2.45, 2.75) is 0 Å². The maximum atomic E-state index is 5.92. The summed E-state index contributed by atoms with van der Waals surface area (Å²) in [4.78, 5) is 4.41. The molecule has 5 nitrogen and oxygen atoms in total. The molecule has 0 saturated carbocycles. The van der Waals surface area contributed by atoms with Crippen LogP contribution in [0.5, 0.6) is 5.75 Å². The summed E-state index contributed by atoms with van der Waals surface area (Å²) in [5, 5.41) is 5.00. The number of aromatic nitrogens is 3. The van der Waals surface area contributed by atoms with Gasteiger partial charge in [-0.05, 0) is 24.3 Å². The molecule has 6 heteroatoms. The second kappa shape index (κ2) is 4.44. The van der Waals surface area contributed by atoms with Gasteiger partial charge in [0.25, 0.3) is 0 Å². The van der Waals surface area contributed by atoms with E-state index in [1.807, 2.05) is 6.07 Å². The number of nitrogens with two attached hydrogens (primary N) is 1. The van der Waals surface area contributed by atoms with E-state index in [4.69, 9.17) is 22.1 Å². The third-order valence-electron chi connectivity index (χ3n) is 2.79. The highest BCUT2D eigenvalue weighted by atomic mass is 35.5. The lowest BCUT2D eigenvalue weighted by Crippen LogP contribution is -1.93. The molecular weight excluding hydrogens is 264 g/mol. The molecule has 2 heterocycles. The van der Waals surface area contributed by atoms with E-state index in [1.54, 1.807) is 42.1 Å². The fourth-order valence-corrected chi connectivity index (χ4v) is 2.01. The molecule has 0 aliphatic heterocycles. The van der Waals surface area contributed by atoms with Gasteiger partial charge in [0, 0.05) is 22.8 Å². The smallest absolute Gasteiger partial charge is 0.182 e. The van der Waals surface area contributed by atoms with E-state index in [1.165, 1.54) is 0 Å². The highest BCUT2D eigenvalue weighted by Gasteiger charge is 2.09. The Balaban J connectivity index is 2.11. The average molecular weight is 275 g/mol. The van der Waals surface area contributed by atoms with Crippen LogP contribution in [0.4, 0.5) is 5.69 Å². The van der Waals surface area contributed by atoms with Gasteiger partial charge in [-0.1, -0.05) is 11.6 Å². The highest BCUT2D eigenvalue weighted by Crippen LogP contribution is 2.27. The van der Waals surface area contributed by atoms with Crippen molar-refractivity contribution in [3.05, 3.63) is 41.6 Å². The number of pyridine rings is 1. The van der Waals surface area contributed by atoms with Gasteiger partial charge in [-0.2, -0.15) is 0 Å². The Hall–Kier alpha value is -2.27. The molecule has 96 valence electrons. The molecule has 0 aliphatic rings. The molecule has 0 radical (unpaired) electrons. The van der Waals surface area contributed by atoms with Gasteiger partial charge in [-0.25, -0.2) is 9.50 Å². The fourth-order valence-electron chi connectivity index (χ4n) is 1.85. The van der Waals surface area contributed by atoms with Crippen LogP contribution in [0.2, 0.25) is 5.02 Å². The van der Waals surface area contributed by atoms with Gasteiger partial charge in [0.15, 0.2) is 11.5 Å². The first-order valence-corrected chi connectivity index (χ1v) is 6.01. The lowest BCUT2D eigenvalue weighted by atomic mass is 10.2. The summed E-state index contributed by atoms with van der Waals surface area (Å²) in [6, 6.07) is 8.96. The first kappa shape index (κ1) is 11.8. The molecule has 1 aromatic carbocycles. The van der Waals surface area contributed by atoms with Crippen molar-refractivity contribution in [1.82, 2.24) is 14.6 Å². The summed E-state index contributed by atoms with van der Waals surface area (Å²) in [5.74, 6) is 1.23. The molecule has 0 fully saturated rings. The number of halogens is 1. The molecule has 0 aliphatic carbocycles. The van der Waals surface area contributed by atoms with Gasteiger partial charge in [-0.3, -0.25) is 0 Å². The summed E-state index contributed by atoms with van der Waals surface area (Å²) in [5.41, 5.74) is 7.95. The van der Waals surface area contributed by atoms with Crippen LogP contribution in [-0.2, 0) is 0 Å². The van der Waals surface area contributed by atoms with Gasteiger partial charge in [0.05, 0.1) is 12.8 Å². The molecule has 0 spiro atoms. The number of hydrogen-bond donors (Lipinski definition) is 1. The lowest BCUT2D eigenvalue weighted by Gasteiger charge is -2.04. The molecular formula is C13H11ClN4O. The summed E-state index contributed by atoms with van der Waals surface area (Å²) < 4.78 is 6.79. The number of rotatable bonds is 2. The second-order valence-electron chi connectivity index (χ2n) is 4.04. The normalized spacial score (nSPS) is 10.8. The van der Waals surface area contributed by atoms with E-state index in [0.717, 1.165) is 5.56 Å². The monoisotopic (exact) mass is 274 g/mol. The first-order chi connectivity index (χ1) is 9.17. The minimum atomic E-state index is 0.553. The van der Waals surface area contributed by atoms with Crippen LogP contribution < -0.4 is 10.5 Å². The van der Waals surface area contributed by atoms with Crippen LogP contribution in [0.3, 0.4) is 0 Å². The Morgan fingerprint density at radius 2 is 2.11 bits per heavy atom. The molecule has 0 saturated heterocycles. The molecule has 2 aromatic heterocycles. The molecule has 0 atom stereocenters. The minimum Gasteiger partial charge on any atom is -0.495 e. The third-order valence-corrected chi connectivity index (χ3v) is 3.02. The minimum absolute atomic E-state index is 0.553. The Morgan fingerprint density at radius 1 is 1.26 bits per heavy atom. The number of hydrogen-bond acceptors (Lipinski definition) is 4. The Kier molecular flexibility index (Phi) is 2.76. The molecule has 0 unspecified atom stereocenters. The first-order valence-electron chi connectivity index (χ1n) is 5.63. The number of nitrogen functional groups attached to an aromatic ring is 1. The SMILES string of the molecule is COc1ccc(-c2nc3cc(Cl)ccn3n2)cc1N. The summed E-state index contributed by atoms with van der Waals surface area (Å²) in [6.07, 6.45) is 1.76. The molecule has 0 amide bonds. The van der Waals surface area contributed by atoms with Crippen molar-refractivity contribution in [2.75, 3.05) is 12.8 Å². The van der Waals surface area contributed by atoms with E-state index in [2.05, 4.69) is 10.1 Å². The molecule has 0 bridgehead atoms. The van der Waals surface area contributed by atoms with Gasteiger partial charge < -0.3 is 10.5 Å². The number of anilines is 1. The fraction of sp³-hybridized carbons (Fsp3) is 0.0769. The van der Waals surface area contributed by atoms with E-state index in [-0.39, 0.29) is 0 Å². The van der Waals surface area contributed by atoms with Crippen LogP contribution in [0.15, 0.2) is 36.5 Å². The maximum absolute atomic E-state index is 5.92. The zero-order valence-electron chi connectivity index (χ0n) is 10.2. The number of nitrogens with zero attached hydrogens (tertiary/aromatic N) is 3. The van der Waals surface area contributed by atoms with Gasteiger partial charge in [-0.15, -0.1) is 5.10 Å². The van der Waals surface area contributed by atoms with Crippen molar-refractivity contribution in [2.24, 2.45) is 0 Å². The summed E-state index contributed by atoms with van der Waals surface area (Å²) >= 11 is 5.92. The predicted molar refractivity (Wildman–Crippen MR) is 74.4 cm³/mol. The number of benzene rings is 1. The van der Waals surface area contributed by atoms with Crippen molar-refractivity contribution >= 4 is 22.9 Å². The zero-order chi connectivity index (χ0) is 13.4. The van der Waals surface area contributed by atoms with Gasteiger partial charge >= 0.3 is 0 Å². The van der Waals surface area contributed by atoms with E-state index >= 15 is 0 Å². The molecule has 19 heavy (non-hydrogen) atoms. The van der Waals surface area contributed by atoms with Crippen LogP contribution in [0.25, 0.3) is 17.0 Å². The second-order valence-corrected chi connectivity index (χ2v) is 4.48. The largest absolute Gasteiger partial charge is 0.495 e. The molecule has 3 rings (SSSR count). The van der Waals surface area contributed by atoms with E-state index in [9.17, 15) is 0 Å².